The van der Waals surface area contributed by atoms with E-state index in [2.05, 4.69) is 51.6 Å². The second kappa shape index (κ2) is 39.8. The van der Waals surface area contributed by atoms with E-state index in [1.165, 1.54) is 0 Å². The molecule has 0 atom stereocenters. The molecule has 2 aromatic rings. The van der Waals surface area contributed by atoms with Crippen LogP contribution in [0.25, 0.3) is 0 Å². The van der Waals surface area contributed by atoms with Crippen LogP contribution in [-0.2, 0) is 79.0 Å². The number of morpholine rings is 2. The summed E-state index contributed by atoms with van der Waals surface area (Å²) < 4.78 is 12.4. The second-order valence-electron chi connectivity index (χ2n) is 10.3. The van der Waals surface area contributed by atoms with Crippen LogP contribution in [0.4, 0.5) is 0 Å². The van der Waals surface area contributed by atoms with Gasteiger partial charge in [0.25, 0.3) is 0 Å². The third-order valence-electron chi connectivity index (χ3n) is 5.70. The molecule has 0 amide bonds. The summed E-state index contributed by atoms with van der Waals surface area (Å²) in [6, 6.07) is 10.2. The molecule has 2 heterocycles. The van der Waals surface area contributed by atoms with Crippen molar-refractivity contribution in [1.82, 2.24) is 9.80 Å². The third kappa shape index (κ3) is 44.2. The monoisotopic (exact) mass is 1030 g/mol. The van der Waals surface area contributed by atoms with Crippen molar-refractivity contribution in [2.24, 2.45) is 9.98 Å². The topological polar surface area (TPSA) is 256 Å². The number of aliphatic imine (C=N–C) groups is 2. The zero-order chi connectivity index (χ0) is 39.9. The largest absolute Gasteiger partial charge is 2.00 e. The van der Waals surface area contributed by atoms with E-state index >= 15 is 0 Å². The van der Waals surface area contributed by atoms with Crippen LogP contribution in [0, 0.1) is 0 Å². The fourth-order valence-electron chi connectivity index (χ4n) is 3.61. The third-order valence-corrected chi connectivity index (χ3v) is 6.69. The van der Waals surface area contributed by atoms with E-state index in [0.717, 1.165) is 102 Å². The van der Waals surface area contributed by atoms with Crippen molar-refractivity contribution in [1.29, 1.82) is 0 Å². The van der Waals surface area contributed by atoms with Gasteiger partial charge in [0.2, 0.25) is 0 Å². The number of carbonyl (C=O) groups is 4. The smallest absolute Gasteiger partial charge is 0.872 e. The average molecular weight is 1040 g/mol. The molecule has 4 rings (SSSR count). The summed E-state index contributed by atoms with van der Waals surface area (Å²) in [6.07, 6.45) is 3.32. The molecule has 2 aliphatic rings. The van der Waals surface area contributed by atoms with Crippen LogP contribution in [0.15, 0.2) is 55.3 Å². The molecule has 21 heteroatoms. The summed E-state index contributed by atoms with van der Waals surface area (Å²) in [5, 5.41) is 58.6. The Balaban J connectivity index is -0.000000210. The van der Waals surface area contributed by atoms with E-state index < -0.39 is 23.9 Å². The molecule has 55 heavy (non-hydrogen) atoms. The van der Waals surface area contributed by atoms with Gasteiger partial charge < -0.3 is 59.3 Å². The van der Waals surface area contributed by atoms with Gasteiger partial charge in [-0.25, -0.2) is 0 Å². The molecule has 0 aromatic heterocycles. The van der Waals surface area contributed by atoms with Gasteiger partial charge >= 0.3 is 50.3 Å². The van der Waals surface area contributed by atoms with E-state index in [1.807, 2.05) is 0 Å². The Morgan fingerprint density at radius 1 is 0.600 bits per heavy atom. The van der Waals surface area contributed by atoms with Crippen LogP contribution < -0.4 is 30.6 Å². The number of ether oxygens (including phenoxy) is 2. The van der Waals surface area contributed by atoms with Crippen molar-refractivity contribution in [3.8, 4) is 11.5 Å². The average Bonchev–Trinajstić information content (AvgIpc) is 3.05. The number of aliphatic carboxylic acids is 4. The maximum Gasteiger partial charge on any atom is 2.00 e. The van der Waals surface area contributed by atoms with Gasteiger partial charge in [-0.15, -0.1) is 0 Å². The van der Waals surface area contributed by atoms with Crippen molar-refractivity contribution in [3.63, 3.8) is 0 Å². The molecule has 0 unspecified atom stereocenters. The molecule has 2 saturated heterocycles. The molecule has 0 aliphatic carbocycles. The van der Waals surface area contributed by atoms with E-state index in [9.17, 15) is 10.2 Å². The van der Waals surface area contributed by atoms with Gasteiger partial charge in [-0.1, -0.05) is 55.5 Å². The van der Waals surface area contributed by atoms with E-state index in [0.29, 0.717) is 24.2 Å². The first-order valence-electron chi connectivity index (χ1n) is 15.7. The number of carbonyl (C=O) groups excluding carboxylic acids is 4. The Morgan fingerprint density at radius 3 is 1.11 bits per heavy atom. The number of hydrogen-bond acceptors (Lipinski definition) is 16. The van der Waals surface area contributed by atoms with Gasteiger partial charge in [-0.05, 0) is 63.1 Å². The molecule has 2 fully saturated rings. The van der Waals surface area contributed by atoms with Crippen LogP contribution in [0.2, 0.25) is 0 Å². The molecule has 0 spiro atoms. The SMILES string of the molecule is CC(=O)[O-].CC(=O)[O-].CC(=O)[O-].CC(=O)[O-].[Co+2].[Co+2].[Co+2].[O-]c1ccc(Br)cc1C=NCCN1CCOCC1.[O-]c1ccc(Br)cc1C=NCCN1CCOCC1. The molecular weight excluding hydrogens is 993 g/mol. The summed E-state index contributed by atoms with van der Waals surface area (Å²) in [5.74, 6) is -4.32. The number of carboxylic acid groups (broad SMARTS) is 4. The summed E-state index contributed by atoms with van der Waals surface area (Å²) in [7, 11) is 0. The normalized spacial score (nSPS) is 13.2. The first-order chi connectivity index (χ1) is 24.4. The molecule has 2 aromatic carbocycles. The molecule has 0 bridgehead atoms. The number of rotatable bonds is 8. The molecule has 16 nitrogen and oxygen atoms in total. The Morgan fingerprint density at radius 2 is 0.855 bits per heavy atom. The van der Waals surface area contributed by atoms with Gasteiger partial charge in [0.15, 0.2) is 0 Å². The van der Waals surface area contributed by atoms with Gasteiger partial charge in [-0.3, -0.25) is 19.8 Å². The summed E-state index contributed by atoms with van der Waals surface area (Å²) in [5.41, 5.74) is 1.26. The van der Waals surface area contributed by atoms with Crippen molar-refractivity contribution < 1.29 is 110 Å². The van der Waals surface area contributed by atoms with Gasteiger partial charge in [0, 0.05) is 84.5 Å². The van der Waals surface area contributed by atoms with Crippen LogP contribution in [0.3, 0.4) is 0 Å². The fourth-order valence-corrected chi connectivity index (χ4v) is 4.37. The summed E-state index contributed by atoms with van der Waals surface area (Å²) in [4.78, 5) is 48.8. The number of benzene rings is 2. The van der Waals surface area contributed by atoms with Crippen LogP contribution in [0.1, 0.15) is 38.8 Å². The van der Waals surface area contributed by atoms with Gasteiger partial charge in [0.1, 0.15) is 0 Å². The van der Waals surface area contributed by atoms with Crippen LogP contribution in [-0.4, -0.2) is 125 Å². The number of hydrogen-bond donors (Lipinski definition) is 0. The van der Waals surface area contributed by atoms with E-state index in [1.54, 1.807) is 48.8 Å². The predicted molar refractivity (Wildman–Crippen MR) is 189 cm³/mol. The summed E-state index contributed by atoms with van der Waals surface area (Å²) >= 11 is 6.69. The minimum atomic E-state index is -1.08. The molecule has 2 aliphatic heterocycles. The molecule has 0 saturated carbocycles. The maximum atomic E-state index is 11.5. The molecule has 313 valence electrons. The predicted octanol–water partition coefficient (Wildman–Crippen LogP) is -2.44. The van der Waals surface area contributed by atoms with Crippen molar-refractivity contribution in [3.05, 3.63) is 56.5 Å². The molecule has 3 radical (unpaired) electrons. The van der Waals surface area contributed by atoms with Gasteiger partial charge in [0.05, 0.1) is 39.5 Å². The first-order valence-corrected chi connectivity index (χ1v) is 17.3. The minimum absolute atomic E-state index is 0. The number of carboxylic acids is 4. The first kappa shape index (κ1) is 61.8. The minimum Gasteiger partial charge on any atom is -0.872 e. The van der Waals surface area contributed by atoms with Crippen molar-refractivity contribution in [2.75, 3.05) is 78.8 Å². The standard InChI is InChI=1S/2C13H17BrN2O2.4C2H4O2.3Co/c2*14-12-1-2-13(17)11(9-12)10-15-3-4-16-5-7-18-8-6-16;4*1-2(3)4;;;/h2*1-2,9-10,17H,3-8H2;4*1H3,(H,3,4);;;/q;;;;;;3*+2/p-6. The zero-order valence-electron chi connectivity index (χ0n) is 30.5. The summed E-state index contributed by atoms with van der Waals surface area (Å²) in [6.45, 7) is 14.3. The Hall–Kier alpha value is -2.42. The maximum absolute atomic E-state index is 11.5. The van der Waals surface area contributed by atoms with Crippen LogP contribution >= 0.6 is 31.9 Å². The Bertz CT molecular complexity index is 1260. The van der Waals surface area contributed by atoms with E-state index in [4.69, 9.17) is 49.1 Å². The molecular formula is C34H44Br2Co3N4O12. The number of halogens is 2. The van der Waals surface area contributed by atoms with Crippen molar-refractivity contribution >= 4 is 68.2 Å². The Labute approximate surface area is 369 Å². The molecule has 0 N–H and O–H groups in total. The quantitative estimate of drug-likeness (QED) is 0.249. The zero-order valence-corrected chi connectivity index (χ0v) is 36.8. The number of nitrogens with zero attached hydrogens (tertiary/aromatic N) is 4. The van der Waals surface area contributed by atoms with Crippen LogP contribution in [0.5, 0.6) is 11.5 Å². The van der Waals surface area contributed by atoms with Gasteiger partial charge in [-0.2, -0.15) is 0 Å². The fraction of sp³-hybridized carbons (Fsp3) is 0.471. The second-order valence-corrected chi connectivity index (χ2v) is 12.1. The Kier molecular flexibility index (Phi) is 44.7. The van der Waals surface area contributed by atoms with Crippen molar-refractivity contribution in [2.45, 2.75) is 27.7 Å². The van der Waals surface area contributed by atoms with E-state index in [-0.39, 0.29) is 61.8 Å².